The molecular weight excluding hydrogens is 530 g/mol. The van der Waals surface area contributed by atoms with Crippen LogP contribution in [0.25, 0.3) is 22.2 Å². The number of hydrogen-bond donors (Lipinski definition) is 1. The summed E-state index contributed by atoms with van der Waals surface area (Å²) in [5.41, 5.74) is 6.67. The Morgan fingerprint density at radius 3 is 2.38 bits per heavy atom. The van der Waals surface area contributed by atoms with Crippen molar-refractivity contribution in [2.75, 3.05) is 31.1 Å². The van der Waals surface area contributed by atoms with Crippen LogP contribution in [0.2, 0.25) is 0 Å². The first-order valence-corrected chi connectivity index (χ1v) is 14.0. The number of fused-ring (bicyclic) bond motifs is 1. The van der Waals surface area contributed by atoms with Crippen LogP contribution in [-0.2, 0) is 13.6 Å². The smallest absolute Gasteiger partial charge is 0.271 e. The highest BCUT2D eigenvalue weighted by Crippen LogP contribution is 2.35. The maximum absolute atomic E-state index is 14.1. The van der Waals surface area contributed by atoms with Gasteiger partial charge in [0.2, 0.25) is 0 Å². The lowest BCUT2D eigenvalue weighted by Gasteiger charge is -2.35. The Balaban J connectivity index is 1.15. The van der Waals surface area contributed by atoms with Gasteiger partial charge in [0.05, 0.1) is 29.3 Å². The van der Waals surface area contributed by atoms with Gasteiger partial charge in [-0.3, -0.25) is 9.59 Å². The van der Waals surface area contributed by atoms with Gasteiger partial charge in [0, 0.05) is 56.2 Å². The van der Waals surface area contributed by atoms with Crippen LogP contribution < -0.4 is 10.2 Å². The maximum Gasteiger partial charge on any atom is 0.271 e. The van der Waals surface area contributed by atoms with Crippen molar-refractivity contribution in [3.8, 4) is 11.3 Å². The summed E-state index contributed by atoms with van der Waals surface area (Å²) < 4.78 is 7.27. The number of anilines is 1. The molecule has 10 nitrogen and oxygen atoms in total. The van der Waals surface area contributed by atoms with Gasteiger partial charge in [0.1, 0.15) is 17.3 Å². The zero-order valence-electron chi connectivity index (χ0n) is 24.2. The van der Waals surface area contributed by atoms with Gasteiger partial charge < -0.3 is 24.2 Å². The highest BCUT2D eigenvalue weighted by molar-refractivity contribution is 6.13. The molecule has 0 saturated carbocycles. The van der Waals surface area contributed by atoms with Crippen LogP contribution >= 0.6 is 0 Å². The molecule has 42 heavy (non-hydrogen) atoms. The zero-order valence-corrected chi connectivity index (χ0v) is 24.2. The lowest BCUT2D eigenvalue weighted by Crippen LogP contribution is -2.49. The molecule has 0 radical (unpaired) electrons. The normalized spacial score (nSPS) is 13.5. The summed E-state index contributed by atoms with van der Waals surface area (Å²) in [4.78, 5) is 39.6. The monoisotopic (exact) mass is 563 g/mol. The van der Waals surface area contributed by atoms with E-state index in [0.29, 0.717) is 44.3 Å². The molecule has 0 unspecified atom stereocenters. The summed E-state index contributed by atoms with van der Waals surface area (Å²) in [6.07, 6.45) is 3.10. The van der Waals surface area contributed by atoms with E-state index in [-0.39, 0.29) is 17.5 Å². The van der Waals surface area contributed by atoms with Gasteiger partial charge >= 0.3 is 0 Å². The van der Waals surface area contributed by atoms with Crippen molar-refractivity contribution >= 4 is 28.5 Å². The number of carbonyl (C=O) groups excluding carboxylic acids is 2. The van der Waals surface area contributed by atoms with E-state index >= 15 is 0 Å². The molecule has 5 aromatic rings. The number of aryl methyl sites for hydroxylation is 4. The summed E-state index contributed by atoms with van der Waals surface area (Å²) in [5.74, 6) is 1.07. The standard InChI is InChI=1S/C32H33N7O3/c1-20-10-11-27-24(16-20)29(30(37(27)4)23-8-6-5-7-9-23)32(41)39-14-12-38(13-15-39)28-19-33-26(18-34-28)31(40)35-17-25-21(2)36-42-22(25)3/h5-11,16,18-19H,12-15,17H2,1-4H3,(H,35,40). The lowest BCUT2D eigenvalue weighted by molar-refractivity contribution is 0.0748. The second kappa shape index (κ2) is 11.1. The fraction of sp³-hybridized carbons (Fsp3) is 0.281. The molecular formula is C32H33N7O3. The van der Waals surface area contributed by atoms with Gasteiger partial charge in [-0.2, -0.15) is 0 Å². The second-order valence-electron chi connectivity index (χ2n) is 10.7. The van der Waals surface area contributed by atoms with Gasteiger partial charge in [0.15, 0.2) is 0 Å². The Hall–Kier alpha value is -4.99. The predicted octanol–water partition coefficient (Wildman–Crippen LogP) is 4.44. The minimum Gasteiger partial charge on any atom is -0.361 e. The largest absolute Gasteiger partial charge is 0.361 e. The van der Waals surface area contributed by atoms with Crippen LogP contribution in [0.5, 0.6) is 0 Å². The first-order chi connectivity index (χ1) is 20.3. The van der Waals surface area contributed by atoms with Gasteiger partial charge in [-0.05, 0) is 38.5 Å². The van der Waals surface area contributed by atoms with Crippen LogP contribution in [0.1, 0.15) is 43.4 Å². The Morgan fingerprint density at radius 1 is 0.952 bits per heavy atom. The minimum atomic E-state index is -0.316. The fourth-order valence-corrected chi connectivity index (χ4v) is 5.62. The molecule has 3 aromatic heterocycles. The van der Waals surface area contributed by atoms with E-state index in [1.54, 1.807) is 6.20 Å². The Labute approximate surface area is 244 Å². The van der Waals surface area contributed by atoms with Gasteiger partial charge in [-0.1, -0.05) is 47.1 Å². The van der Waals surface area contributed by atoms with Crippen molar-refractivity contribution in [3.05, 3.63) is 94.8 Å². The molecule has 1 aliphatic rings. The number of carbonyl (C=O) groups is 2. The molecule has 1 saturated heterocycles. The molecule has 1 aliphatic heterocycles. The van der Waals surface area contributed by atoms with E-state index < -0.39 is 0 Å². The third kappa shape index (κ3) is 5.00. The van der Waals surface area contributed by atoms with Gasteiger partial charge in [0.25, 0.3) is 11.8 Å². The van der Waals surface area contributed by atoms with E-state index in [2.05, 4.69) is 67.2 Å². The van der Waals surface area contributed by atoms with Crippen LogP contribution in [0, 0.1) is 20.8 Å². The first-order valence-electron chi connectivity index (χ1n) is 14.0. The Bertz CT molecular complexity index is 1750. The van der Waals surface area contributed by atoms with E-state index in [0.717, 1.165) is 44.5 Å². The molecule has 1 fully saturated rings. The molecule has 0 atom stereocenters. The minimum absolute atomic E-state index is 0.0288. The quantitative estimate of drug-likeness (QED) is 0.325. The number of rotatable bonds is 6. The van der Waals surface area contributed by atoms with E-state index in [1.807, 2.05) is 44.0 Å². The van der Waals surface area contributed by atoms with Crippen molar-refractivity contribution < 1.29 is 14.1 Å². The third-order valence-electron chi connectivity index (χ3n) is 7.98. The predicted molar refractivity (Wildman–Crippen MR) is 160 cm³/mol. The van der Waals surface area contributed by atoms with Crippen molar-refractivity contribution in [3.63, 3.8) is 0 Å². The Morgan fingerprint density at radius 2 is 1.71 bits per heavy atom. The highest BCUT2D eigenvalue weighted by Gasteiger charge is 2.29. The number of hydrogen-bond acceptors (Lipinski definition) is 7. The van der Waals surface area contributed by atoms with Crippen LogP contribution in [0.3, 0.4) is 0 Å². The fourth-order valence-electron chi connectivity index (χ4n) is 5.62. The summed E-state index contributed by atoms with van der Waals surface area (Å²) in [7, 11) is 2.02. The molecule has 4 heterocycles. The SMILES string of the molecule is Cc1ccc2c(c1)c(C(=O)N1CCN(c3cnc(C(=O)NCc4c(C)noc4C)cn3)CC1)c(-c1ccccc1)n2C. The summed E-state index contributed by atoms with van der Waals surface area (Å²) >= 11 is 0. The van der Waals surface area contributed by atoms with Crippen molar-refractivity contribution in [2.24, 2.45) is 7.05 Å². The number of nitrogens with one attached hydrogen (secondary N) is 1. The number of piperazine rings is 1. The number of amides is 2. The molecule has 0 aliphatic carbocycles. The maximum atomic E-state index is 14.1. The van der Waals surface area contributed by atoms with Crippen molar-refractivity contribution in [1.29, 1.82) is 0 Å². The molecule has 6 rings (SSSR count). The number of benzene rings is 2. The second-order valence-corrected chi connectivity index (χ2v) is 10.7. The molecule has 0 spiro atoms. The Kier molecular flexibility index (Phi) is 7.20. The molecule has 0 bridgehead atoms. The average molecular weight is 564 g/mol. The topological polar surface area (TPSA) is 109 Å². The summed E-state index contributed by atoms with van der Waals surface area (Å²) in [6.45, 7) is 8.34. The molecule has 2 amide bonds. The first kappa shape index (κ1) is 27.2. The van der Waals surface area contributed by atoms with Crippen molar-refractivity contribution in [2.45, 2.75) is 27.3 Å². The molecule has 2 aromatic carbocycles. The average Bonchev–Trinajstić information content (AvgIpc) is 3.49. The van der Waals surface area contributed by atoms with Crippen LogP contribution in [0.15, 0.2) is 65.4 Å². The van der Waals surface area contributed by atoms with Gasteiger partial charge in [-0.15, -0.1) is 0 Å². The zero-order chi connectivity index (χ0) is 29.4. The third-order valence-corrected chi connectivity index (χ3v) is 7.98. The number of aromatic nitrogens is 4. The van der Waals surface area contributed by atoms with E-state index in [1.165, 1.54) is 6.20 Å². The van der Waals surface area contributed by atoms with Gasteiger partial charge in [-0.25, -0.2) is 9.97 Å². The summed E-state index contributed by atoms with van der Waals surface area (Å²) in [5, 5.41) is 7.73. The number of nitrogens with zero attached hydrogens (tertiary/aromatic N) is 6. The van der Waals surface area contributed by atoms with Crippen LogP contribution in [0.4, 0.5) is 5.82 Å². The molecule has 1 N–H and O–H groups in total. The van der Waals surface area contributed by atoms with Crippen molar-refractivity contribution in [1.82, 2.24) is 29.9 Å². The summed E-state index contributed by atoms with van der Waals surface area (Å²) in [6, 6.07) is 16.4. The van der Waals surface area contributed by atoms with E-state index in [9.17, 15) is 9.59 Å². The van der Waals surface area contributed by atoms with E-state index in [4.69, 9.17) is 4.52 Å². The highest BCUT2D eigenvalue weighted by atomic mass is 16.5. The molecule has 214 valence electrons. The van der Waals surface area contributed by atoms with Crippen LogP contribution in [-0.4, -0.2) is 62.6 Å². The molecule has 10 heteroatoms. The lowest BCUT2D eigenvalue weighted by atomic mass is 10.0.